The molecule has 2 amide bonds. The average molecular weight is 493 g/mol. The van der Waals surface area contributed by atoms with Crippen LogP contribution in [0.25, 0.3) is 0 Å². The summed E-state index contributed by atoms with van der Waals surface area (Å²) in [7, 11) is 3.54. The first kappa shape index (κ1) is 23.3. The molecule has 2 aliphatic rings. The van der Waals surface area contributed by atoms with Gasteiger partial charge in [-0.15, -0.1) is 11.3 Å². The van der Waals surface area contributed by atoms with Gasteiger partial charge in [0.05, 0.1) is 18.8 Å². The topological polar surface area (TPSA) is 95.0 Å². The van der Waals surface area contributed by atoms with Gasteiger partial charge in [0.2, 0.25) is 0 Å². The minimum absolute atomic E-state index is 0.00571. The normalized spacial score (nSPS) is 17.8. The Kier molecular flexibility index (Phi) is 6.44. The molecular formula is C26H28N4O4S. The highest BCUT2D eigenvalue weighted by Crippen LogP contribution is 2.35. The van der Waals surface area contributed by atoms with E-state index in [0.29, 0.717) is 22.8 Å². The number of ether oxygens (including phenoxy) is 1. The molecule has 5 rings (SSSR count). The Hall–Kier alpha value is -3.43. The first-order valence-corrected chi connectivity index (χ1v) is 12.5. The Morgan fingerprint density at radius 2 is 2.03 bits per heavy atom. The first-order valence-electron chi connectivity index (χ1n) is 11.7. The zero-order chi connectivity index (χ0) is 24.5. The van der Waals surface area contributed by atoms with Crippen LogP contribution in [0.15, 0.2) is 42.5 Å². The molecule has 35 heavy (non-hydrogen) atoms. The molecule has 0 bridgehead atoms. The second kappa shape index (κ2) is 9.67. The number of likely N-dealkylation sites (N-methyl/N-ethyl adjacent to an activating group) is 1. The van der Waals surface area contributed by atoms with Crippen LogP contribution in [-0.2, 0) is 13.0 Å². The summed E-state index contributed by atoms with van der Waals surface area (Å²) in [5.74, 6) is -0.0703. The number of methoxy groups -OCH3 is 1. The molecule has 0 unspecified atom stereocenters. The maximum Gasteiger partial charge on any atom is 0.257 e. The van der Waals surface area contributed by atoms with Crippen molar-refractivity contribution in [1.29, 1.82) is 0 Å². The molecule has 1 fully saturated rings. The highest BCUT2D eigenvalue weighted by atomic mass is 32.1. The van der Waals surface area contributed by atoms with Crippen molar-refractivity contribution in [3.8, 4) is 11.5 Å². The quantitative estimate of drug-likeness (QED) is 0.558. The maximum absolute atomic E-state index is 13.3. The number of rotatable bonds is 5. The van der Waals surface area contributed by atoms with Gasteiger partial charge < -0.3 is 19.6 Å². The van der Waals surface area contributed by atoms with Gasteiger partial charge in [0.25, 0.3) is 11.8 Å². The van der Waals surface area contributed by atoms with Gasteiger partial charge in [-0.2, -0.15) is 0 Å². The van der Waals surface area contributed by atoms with E-state index in [4.69, 9.17) is 4.74 Å². The molecule has 0 radical (unpaired) electrons. The largest absolute Gasteiger partial charge is 0.504 e. The molecule has 1 atom stereocenters. The fraction of sp³-hybridized carbons (Fsp3) is 0.346. The molecule has 0 spiro atoms. The maximum atomic E-state index is 13.3. The molecular weight excluding hydrogens is 464 g/mol. The number of fused-ring (bicyclic) bond motifs is 1. The number of aromatic nitrogens is 1. The summed E-state index contributed by atoms with van der Waals surface area (Å²) in [5, 5.41) is 13.4. The van der Waals surface area contributed by atoms with Crippen LogP contribution in [0.2, 0.25) is 0 Å². The zero-order valence-electron chi connectivity index (χ0n) is 19.8. The van der Waals surface area contributed by atoms with Crippen molar-refractivity contribution in [1.82, 2.24) is 14.8 Å². The molecule has 0 saturated carbocycles. The Balaban J connectivity index is 1.33. The molecule has 2 N–H and O–H groups in total. The lowest BCUT2D eigenvalue weighted by Gasteiger charge is -2.25. The summed E-state index contributed by atoms with van der Waals surface area (Å²) in [4.78, 5) is 36.2. The smallest absolute Gasteiger partial charge is 0.257 e. The van der Waals surface area contributed by atoms with Gasteiger partial charge in [-0.05, 0) is 55.8 Å². The van der Waals surface area contributed by atoms with E-state index in [1.54, 1.807) is 18.2 Å². The molecule has 9 heteroatoms. The van der Waals surface area contributed by atoms with Gasteiger partial charge in [0.1, 0.15) is 0 Å². The third-order valence-corrected chi connectivity index (χ3v) is 7.61. The van der Waals surface area contributed by atoms with Crippen LogP contribution >= 0.6 is 11.3 Å². The summed E-state index contributed by atoms with van der Waals surface area (Å²) in [6.07, 6.45) is 2.59. The third-order valence-electron chi connectivity index (χ3n) is 6.62. The van der Waals surface area contributed by atoms with Crippen LogP contribution in [-0.4, -0.2) is 59.0 Å². The number of carbonyl (C=O) groups is 2. The number of nitrogens with zero attached hydrogens (tertiary/aromatic N) is 3. The molecule has 8 nitrogen and oxygen atoms in total. The van der Waals surface area contributed by atoms with Gasteiger partial charge in [-0.3, -0.25) is 14.9 Å². The standard InChI is InChI=1S/C26H28N4O4S/c1-29-12-10-19-23(15-29)35-26(27-19)28-24(32)17-6-3-5-16(13-17)20-7-4-11-30(20)25(33)18-8-9-21(31)22(14-18)34-2/h3,5-6,8-9,13-14,20,31H,4,7,10-12,15H2,1-2H3,(H,27,28,32)/t20-/m1/s1. The number of amides is 2. The Bertz CT molecular complexity index is 1270. The number of phenols is 1. The number of likely N-dealkylation sites (tertiary alicyclic amines) is 1. The fourth-order valence-corrected chi connectivity index (χ4v) is 5.85. The van der Waals surface area contributed by atoms with Crippen molar-refractivity contribution in [2.75, 3.05) is 32.6 Å². The minimum Gasteiger partial charge on any atom is -0.504 e. The summed E-state index contributed by atoms with van der Waals surface area (Å²) in [6.45, 7) is 2.46. The van der Waals surface area contributed by atoms with Crippen LogP contribution in [0.4, 0.5) is 5.13 Å². The molecule has 182 valence electrons. The zero-order valence-corrected chi connectivity index (χ0v) is 20.6. The number of thiazole rings is 1. The number of carbonyl (C=O) groups excluding carboxylic acids is 2. The molecule has 0 aliphatic carbocycles. The van der Waals surface area contributed by atoms with Crippen LogP contribution in [0.1, 0.15) is 55.7 Å². The fourth-order valence-electron chi connectivity index (χ4n) is 4.77. The van der Waals surface area contributed by atoms with Crippen molar-refractivity contribution in [3.63, 3.8) is 0 Å². The van der Waals surface area contributed by atoms with Crippen molar-refractivity contribution >= 4 is 28.3 Å². The predicted molar refractivity (Wildman–Crippen MR) is 134 cm³/mol. The first-order chi connectivity index (χ1) is 16.9. The summed E-state index contributed by atoms with van der Waals surface area (Å²) in [5.41, 5.74) is 3.00. The second-order valence-corrected chi connectivity index (χ2v) is 10.1. The molecule has 2 aliphatic heterocycles. The molecule has 1 aromatic heterocycles. The highest BCUT2D eigenvalue weighted by molar-refractivity contribution is 7.15. The van der Waals surface area contributed by atoms with E-state index >= 15 is 0 Å². The lowest BCUT2D eigenvalue weighted by molar-refractivity contribution is 0.0735. The Morgan fingerprint density at radius 3 is 2.86 bits per heavy atom. The second-order valence-electron chi connectivity index (χ2n) is 9.00. The van der Waals surface area contributed by atoms with E-state index in [1.165, 1.54) is 29.4 Å². The lowest BCUT2D eigenvalue weighted by atomic mass is 10.0. The van der Waals surface area contributed by atoms with E-state index in [2.05, 4.69) is 22.2 Å². The van der Waals surface area contributed by atoms with Crippen molar-refractivity contribution < 1.29 is 19.4 Å². The van der Waals surface area contributed by atoms with Crippen molar-refractivity contribution in [2.45, 2.75) is 31.8 Å². The average Bonchev–Trinajstić information content (AvgIpc) is 3.50. The Labute approximate surface area is 208 Å². The van der Waals surface area contributed by atoms with Gasteiger partial charge >= 0.3 is 0 Å². The number of aromatic hydroxyl groups is 1. The SMILES string of the molecule is COc1cc(C(=O)N2CCC[C@@H]2c2cccc(C(=O)Nc3nc4c(s3)CN(C)CC4)c2)ccc1O. The molecule has 3 heterocycles. The van der Waals surface area contributed by atoms with Gasteiger partial charge in [0, 0.05) is 42.1 Å². The number of phenolic OH excluding ortho intramolecular Hbond substituents is 1. The van der Waals surface area contributed by atoms with Gasteiger partial charge in [0.15, 0.2) is 16.6 Å². The van der Waals surface area contributed by atoms with Gasteiger partial charge in [-0.1, -0.05) is 12.1 Å². The van der Waals surface area contributed by atoms with Gasteiger partial charge in [-0.25, -0.2) is 4.98 Å². The molecule has 3 aromatic rings. The van der Waals surface area contributed by atoms with E-state index in [9.17, 15) is 14.7 Å². The van der Waals surface area contributed by atoms with E-state index in [1.807, 2.05) is 23.1 Å². The summed E-state index contributed by atoms with van der Waals surface area (Å²) < 4.78 is 5.16. The molecule has 1 saturated heterocycles. The summed E-state index contributed by atoms with van der Waals surface area (Å²) in [6, 6.07) is 12.0. The number of nitrogens with one attached hydrogen (secondary N) is 1. The minimum atomic E-state index is -0.203. The van der Waals surface area contributed by atoms with Crippen LogP contribution in [0, 0.1) is 0 Å². The van der Waals surface area contributed by atoms with Crippen molar-refractivity contribution in [2.24, 2.45) is 0 Å². The number of anilines is 1. The van der Waals surface area contributed by atoms with E-state index < -0.39 is 0 Å². The third kappa shape index (κ3) is 4.74. The molecule has 2 aromatic carbocycles. The highest BCUT2D eigenvalue weighted by Gasteiger charge is 2.31. The summed E-state index contributed by atoms with van der Waals surface area (Å²) >= 11 is 1.53. The number of benzene rings is 2. The van der Waals surface area contributed by atoms with Crippen LogP contribution < -0.4 is 10.1 Å². The van der Waals surface area contributed by atoms with Crippen LogP contribution in [0.3, 0.4) is 0 Å². The van der Waals surface area contributed by atoms with Crippen LogP contribution in [0.5, 0.6) is 11.5 Å². The van der Waals surface area contributed by atoms with E-state index in [0.717, 1.165) is 43.6 Å². The lowest BCUT2D eigenvalue weighted by Crippen LogP contribution is -2.30. The number of hydrogen-bond donors (Lipinski definition) is 2. The predicted octanol–water partition coefficient (Wildman–Crippen LogP) is 4.07. The monoisotopic (exact) mass is 492 g/mol. The number of hydrogen-bond acceptors (Lipinski definition) is 7. The van der Waals surface area contributed by atoms with Crippen molar-refractivity contribution in [3.05, 3.63) is 69.7 Å². The van der Waals surface area contributed by atoms with E-state index in [-0.39, 0.29) is 29.4 Å². The Morgan fingerprint density at radius 1 is 1.17 bits per heavy atom.